The van der Waals surface area contributed by atoms with Crippen molar-refractivity contribution in [1.82, 2.24) is 30.6 Å². The Balaban J connectivity index is 2.03. The zero-order valence-corrected chi connectivity index (χ0v) is 11.1. The van der Waals surface area contributed by atoms with Crippen LogP contribution in [0.4, 0.5) is 4.39 Å². The summed E-state index contributed by atoms with van der Waals surface area (Å²) in [7, 11) is 0. The maximum atomic E-state index is 14.6. The molecule has 0 atom stereocenters. The number of nitrogens with zero attached hydrogens (tertiary/aromatic N) is 3. The van der Waals surface area contributed by atoms with Crippen LogP contribution >= 0.6 is 0 Å². The fourth-order valence-electron chi connectivity index (χ4n) is 2.46. The molecule has 8 heteroatoms. The maximum absolute atomic E-state index is 14.6. The van der Waals surface area contributed by atoms with Crippen LogP contribution in [0.25, 0.3) is 33.3 Å². The first-order valence-electron chi connectivity index (χ1n) is 6.45. The Morgan fingerprint density at radius 1 is 1.09 bits per heavy atom. The molecule has 7 nitrogen and oxygen atoms in total. The molecule has 0 aliphatic carbocycles. The summed E-state index contributed by atoms with van der Waals surface area (Å²) in [5, 5.41) is 20.3. The zero-order valence-electron chi connectivity index (χ0n) is 11.1. The molecular formula is C14H9FN6O. The minimum atomic E-state index is -0.418. The van der Waals surface area contributed by atoms with E-state index in [1.54, 1.807) is 18.6 Å². The molecule has 4 rings (SSSR count). The number of rotatable bonds is 2. The van der Waals surface area contributed by atoms with Crippen molar-refractivity contribution in [2.75, 3.05) is 0 Å². The number of H-pyrrole nitrogens is 3. The van der Waals surface area contributed by atoms with Gasteiger partial charge < -0.3 is 0 Å². The Labute approximate surface area is 122 Å². The molecular weight excluding hydrogens is 287 g/mol. The fourth-order valence-corrected chi connectivity index (χ4v) is 2.46. The first kappa shape index (κ1) is 12.5. The SMILES string of the molecule is O=c1ccc(-c2cc(F)c(-c3cn[nH]c3)c3cn[nH]c23)n[nH]1. The number of hydrogen-bond acceptors (Lipinski definition) is 4. The van der Waals surface area contributed by atoms with Gasteiger partial charge in [0.05, 0.1) is 23.6 Å². The van der Waals surface area contributed by atoms with Crippen LogP contribution in [-0.4, -0.2) is 30.6 Å². The third-order valence-corrected chi connectivity index (χ3v) is 3.43. The maximum Gasteiger partial charge on any atom is 0.264 e. The summed E-state index contributed by atoms with van der Waals surface area (Å²) < 4.78 is 14.6. The smallest absolute Gasteiger partial charge is 0.264 e. The predicted molar refractivity (Wildman–Crippen MR) is 77.5 cm³/mol. The quantitative estimate of drug-likeness (QED) is 0.525. The van der Waals surface area contributed by atoms with Crippen molar-refractivity contribution in [2.24, 2.45) is 0 Å². The third-order valence-electron chi connectivity index (χ3n) is 3.43. The Bertz CT molecular complexity index is 997. The van der Waals surface area contributed by atoms with Gasteiger partial charge in [0.15, 0.2) is 0 Å². The van der Waals surface area contributed by atoms with Crippen LogP contribution < -0.4 is 5.56 Å². The van der Waals surface area contributed by atoms with Crippen molar-refractivity contribution in [3.63, 3.8) is 0 Å². The van der Waals surface area contributed by atoms with Crippen LogP contribution in [0, 0.1) is 5.82 Å². The number of nitrogens with one attached hydrogen (secondary N) is 3. The molecule has 108 valence electrons. The van der Waals surface area contributed by atoms with E-state index >= 15 is 0 Å². The molecule has 0 aliphatic heterocycles. The predicted octanol–water partition coefficient (Wildman–Crippen LogP) is 1.84. The number of aromatic amines is 3. The fraction of sp³-hybridized carbons (Fsp3) is 0. The summed E-state index contributed by atoms with van der Waals surface area (Å²) in [5.74, 6) is -0.418. The highest BCUT2D eigenvalue weighted by Gasteiger charge is 2.17. The zero-order chi connectivity index (χ0) is 15.1. The van der Waals surface area contributed by atoms with Gasteiger partial charge in [-0.2, -0.15) is 15.3 Å². The van der Waals surface area contributed by atoms with Crippen LogP contribution in [-0.2, 0) is 0 Å². The lowest BCUT2D eigenvalue weighted by molar-refractivity contribution is 0.633. The van der Waals surface area contributed by atoms with E-state index in [0.717, 1.165) is 0 Å². The summed E-state index contributed by atoms with van der Waals surface area (Å²) in [5.41, 5.74) is 2.33. The molecule has 0 saturated heterocycles. The Hall–Kier alpha value is -3.29. The van der Waals surface area contributed by atoms with Crippen molar-refractivity contribution in [2.45, 2.75) is 0 Å². The molecule has 3 N–H and O–H groups in total. The van der Waals surface area contributed by atoms with Gasteiger partial charge in [0.25, 0.3) is 5.56 Å². The Morgan fingerprint density at radius 3 is 2.73 bits per heavy atom. The summed E-state index contributed by atoms with van der Waals surface area (Å²) >= 11 is 0. The van der Waals surface area contributed by atoms with Crippen molar-refractivity contribution in [3.8, 4) is 22.4 Å². The average molecular weight is 296 g/mol. The normalized spacial score (nSPS) is 11.1. The van der Waals surface area contributed by atoms with E-state index in [4.69, 9.17) is 0 Å². The molecule has 3 heterocycles. The molecule has 0 fully saturated rings. The average Bonchev–Trinajstić information content (AvgIpc) is 3.18. The van der Waals surface area contributed by atoms with Crippen LogP contribution in [0.5, 0.6) is 0 Å². The minimum Gasteiger partial charge on any atom is -0.285 e. The molecule has 22 heavy (non-hydrogen) atoms. The molecule has 3 aromatic heterocycles. The highest BCUT2D eigenvalue weighted by atomic mass is 19.1. The van der Waals surface area contributed by atoms with Crippen molar-refractivity contribution < 1.29 is 4.39 Å². The number of halogens is 1. The number of hydrogen-bond donors (Lipinski definition) is 3. The molecule has 0 bridgehead atoms. The summed E-state index contributed by atoms with van der Waals surface area (Å²) in [6, 6.07) is 4.24. The van der Waals surface area contributed by atoms with E-state index in [9.17, 15) is 9.18 Å². The molecule has 0 aliphatic rings. The Morgan fingerprint density at radius 2 is 2.00 bits per heavy atom. The number of fused-ring (bicyclic) bond motifs is 1. The van der Waals surface area contributed by atoms with E-state index in [0.29, 0.717) is 33.3 Å². The first-order chi connectivity index (χ1) is 10.7. The second-order valence-corrected chi connectivity index (χ2v) is 4.73. The van der Waals surface area contributed by atoms with Gasteiger partial charge >= 0.3 is 0 Å². The second kappa shape index (κ2) is 4.62. The van der Waals surface area contributed by atoms with Crippen molar-refractivity contribution >= 4 is 10.9 Å². The number of benzene rings is 1. The topological polar surface area (TPSA) is 103 Å². The van der Waals surface area contributed by atoms with E-state index in [1.807, 2.05) is 0 Å². The third kappa shape index (κ3) is 1.81. The summed E-state index contributed by atoms with van der Waals surface area (Å²) in [6.07, 6.45) is 4.71. The van der Waals surface area contributed by atoms with Gasteiger partial charge in [-0.15, -0.1) is 0 Å². The van der Waals surface area contributed by atoms with E-state index in [2.05, 4.69) is 30.6 Å². The summed E-state index contributed by atoms with van der Waals surface area (Å²) in [6.45, 7) is 0. The first-order valence-corrected chi connectivity index (χ1v) is 6.45. The molecule has 1 aromatic carbocycles. The van der Waals surface area contributed by atoms with Crippen LogP contribution in [0.2, 0.25) is 0 Å². The molecule has 0 saturated carbocycles. The van der Waals surface area contributed by atoms with Gasteiger partial charge in [0.1, 0.15) is 5.82 Å². The lowest BCUT2D eigenvalue weighted by Crippen LogP contribution is -2.05. The highest BCUT2D eigenvalue weighted by Crippen LogP contribution is 2.35. The van der Waals surface area contributed by atoms with Gasteiger partial charge in [0, 0.05) is 34.3 Å². The summed E-state index contributed by atoms with van der Waals surface area (Å²) in [4.78, 5) is 11.1. The van der Waals surface area contributed by atoms with E-state index in [1.165, 1.54) is 18.2 Å². The molecule has 0 amide bonds. The van der Waals surface area contributed by atoms with Gasteiger partial charge in [0.2, 0.25) is 0 Å². The van der Waals surface area contributed by atoms with Gasteiger partial charge in [-0.3, -0.25) is 15.0 Å². The molecule has 0 unspecified atom stereocenters. The monoisotopic (exact) mass is 296 g/mol. The van der Waals surface area contributed by atoms with Gasteiger partial charge in [-0.25, -0.2) is 9.49 Å². The number of aromatic nitrogens is 6. The standard InChI is InChI=1S/C14H9FN6O/c15-10-3-8(11-1-2-12(22)20-19-11)14-9(6-18-21-14)13(10)7-4-16-17-5-7/h1-6H,(H,16,17)(H,18,21)(H,20,22). The molecule has 4 aromatic rings. The lowest BCUT2D eigenvalue weighted by Gasteiger charge is -2.07. The largest absolute Gasteiger partial charge is 0.285 e. The highest BCUT2D eigenvalue weighted by molar-refractivity contribution is 6.02. The Kier molecular flexibility index (Phi) is 2.62. The van der Waals surface area contributed by atoms with Gasteiger partial charge in [-0.1, -0.05) is 0 Å². The molecule has 0 radical (unpaired) electrons. The molecule has 0 spiro atoms. The van der Waals surface area contributed by atoms with Crippen LogP contribution in [0.1, 0.15) is 0 Å². The van der Waals surface area contributed by atoms with E-state index in [-0.39, 0.29) is 5.56 Å². The van der Waals surface area contributed by atoms with E-state index < -0.39 is 5.82 Å². The minimum absolute atomic E-state index is 0.319. The van der Waals surface area contributed by atoms with Crippen LogP contribution in [0.15, 0.2) is 41.6 Å². The lowest BCUT2D eigenvalue weighted by atomic mass is 9.99. The second-order valence-electron chi connectivity index (χ2n) is 4.73. The van der Waals surface area contributed by atoms with Crippen LogP contribution in [0.3, 0.4) is 0 Å². The van der Waals surface area contributed by atoms with Gasteiger partial charge in [-0.05, 0) is 12.1 Å². The van der Waals surface area contributed by atoms with Crippen molar-refractivity contribution in [3.05, 3.63) is 53.0 Å². The van der Waals surface area contributed by atoms with Crippen molar-refractivity contribution in [1.29, 1.82) is 0 Å².